The minimum atomic E-state index is 0.430. The van der Waals surface area contributed by atoms with Crippen molar-refractivity contribution in [2.45, 2.75) is 96.1 Å². The molecule has 0 aromatic heterocycles. The van der Waals surface area contributed by atoms with Gasteiger partial charge in [0, 0.05) is 18.8 Å². The van der Waals surface area contributed by atoms with Crippen molar-refractivity contribution in [3.63, 3.8) is 0 Å². The molecule has 2 atom stereocenters. The lowest BCUT2D eigenvalue weighted by Crippen LogP contribution is -2.43. The molecular weight excluding hydrogens is 344 g/mol. The van der Waals surface area contributed by atoms with Crippen LogP contribution in [0.3, 0.4) is 0 Å². The Morgan fingerprint density at radius 1 is 1.00 bits per heavy atom. The van der Waals surface area contributed by atoms with Crippen molar-refractivity contribution in [3.8, 4) is 5.75 Å². The molecule has 0 amide bonds. The second-order valence-electron chi connectivity index (χ2n) is 9.63. The maximum absolute atomic E-state index is 10.0. The molecule has 3 aliphatic rings. The molecule has 2 N–H and O–H groups in total. The molecule has 0 radical (unpaired) electrons. The van der Waals surface area contributed by atoms with Gasteiger partial charge in [0.25, 0.3) is 0 Å². The maximum Gasteiger partial charge on any atom is 0.115 e. The van der Waals surface area contributed by atoms with Crippen LogP contribution in [0.2, 0.25) is 0 Å². The molecule has 3 aliphatic carbocycles. The molecule has 2 saturated carbocycles. The molecule has 3 nitrogen and oxygen atoms in total. The lowest BCUT2D eigenvalue weighted by Gasteiger charge is -2.36. The Morgan fingerprint density at radius 2 is 1.71 bits per heavy atom. The molecule has 2 fully saturated rings. The highest BCUT2D eigenvalue weighted by Crippen LogP contribution is 2.45. The van der Waals surface area contributed by atoms with Crippen LogP contribution in [0.5, 0.6) is 5.75 Å². The van der Waals surface area contributed by atoms with E-state index in [9.17, 15) is 5.11 Å². The largest absolute Gasteiger partial charge is 0.508 e. The van der Waals surface area contributed by atoms with E-state index in [1.165, 1.54) is 81.8 Å². The van der Waals surface area contributed by atoms with Crippen molar-refractivity contribution in [2.75, 3.05) is 13.2 Å². The Morgan fingerprint density at radius 3 is 2.43 bits per heavy atom. The number of phenols is 1. The van der Waals surface area contributed by atoms with Crippen LogP contribution in [0.25, 0.3) is 0 Å². The van der Waals surface area contributed by atoms with Gasteiger partial charge in [0.15, 0.2) is 0 Å². The molecule has 0 aliphatic heterocycles. The summed E-state index contributed by atoms with van der Waals surface area (Å²) in [7, 11) is 0. The van der Waals surface area contributed by atoms with Crippen molar-refractivity contribution in [1.82, 2.24) is 10.2 Å². The van der Waals surface area contributed by atoms with Crippen LogP contribution in [0.15, 0.2) is 18.2 Å². The third kappa shape index (κ3) is 4.74. The summed E-state index contributed by atoms with van der Waals surface area (Å²) < 4.78 is 0. The van der Waals surface area contributed by atoms with Crippen LogP contribution in [0.4, 0.5) is 0 Å². The van der Waals surface area contributed by atoms with Gasteiger partial charge in [-0.1, -0.05) is 64.4 Å². The van der Waals surface area contributed by atoms with Crippen molar-refractivity contribution >= 4 is 0 Å². The third-order valence-corrected chi connectivity index (χ3v) is 7.72. The lowest BCUT2D eigenvalue weighted by atomic mass is 9.80. The van der Waals surface area contributed by atoms with E-state index in [-0.39, 0.29) is 0 Å². The number of phenolic OH excluding ortho intramolecular Hbond substituents is 1. The molecule has 1 aromatic rings. The highest BCUT2D eigenvalue weighted by molar-refractivity contribution is 5.41. The normalized spacial score (nSPS) is 26.6. The number of aromatic hydroxyl groups is 1. The Kier molecular flexibility index (Phi) is 6.95. The summed E-state index contributed by atoms with van der Waals surface area (Å²) in [6.45, 7) is 4.41. The Labute approximate surface area is 171 Å². The topological polar surface area (TPSA) is 35.5 Å². The van der Waals surface area contributed by atoms with Crippen molar-refractivity contribution in [1.29, 1.82) is 0 Å². The molecule has 2 unspecified atom stereocenters. The Bertz CT molecular complexity index is 619. The van der Waals surface area contributed by atoms with Crippen molar-refractivity contribution < 1.29 is 5.11 Å². The Balaban J connectivity index is 1.48. The van der Waals surface area contributed by atoms with E-state index >= 15 is 0 Å². The first kappa shape index (κ1) is 20.2. The zero-order valence-electron chi connectivity index (χ0n) is 17.8. The summed E-state index contributed by atoms with van der Waals surface area (Å²) in [5, 5.41) is 13.9. The number of nitrogens with zero attached hydrogens (tertiary/aromatic N) is 1. The molecule has 156 valence electrons. The average molecular weight is 385 g/mol. The van der Waals surface area contributed by atoms with E-state index in [4.69, 9.17) is 0 Å². The van der Waals surface area contributed by atoms with Crippen molar-refractivity contribution in [3.05, 3.63) is 29.3 Å². The highest BCUT2D eigenvalue weighted by atomic mass is 16.3. The summed E-state index contributed by atoms with van der Waals surface area (Å²) in [6.07, 6.45) is 16.5. The number of rotatable bonds is 7. The molecule has 4 rings (SSSR count). The minimum absolute atomic E-state index is 0.430. The first-order valence-electron chi connectivity index (χ1n) is 12.0. The predicted octanol–water partition coefficient (Wildman–Crippen LogP) is 5.78. The number of fused-ring (bicyclic) bond motifs is 1. The van der Waals surface area contributed by atoms with Gasteiger partial charge in [0.05, 0.1) is 0 Å². The summed E-state index contributed by atoms with van der Waals surface area (Å²) in [6, 6.07) is 7.36. The molecule has 3 heteroatoms. The number of benzene rings is 1. The van der Waals surface area contributed by atoms with Crippen LogP contribution in [0, 0.1) is 11.8 Å². The van der Waals surface area contributed by atoms with E-state index in [1.807, 2.05) is 12.1 Å². The first-order valence-corrected chi connectivity index (χ1v) is 12.0. The van der Waals surface area contributed by atoms with E-state index in [2.05, 4.69) is 23.2 Å². The fourth-order valence-electron chi connectivity index (χ4n) is 6.22. The summed E-state index contributed by atoms with van der Waals surface area (Å²) in [5.41, 5.74) is 2.87. The maximum atomic E-state index is 10.0. The van der Waals surface area contributed by atoms with Crippen LogP contribution < -0.4 is 5.32 Å². The molecule has 0 spiro atoms. The minimum Gasteiger partial charge on any atom is -0.508 e. The average Bonchev–Trinajstić information content (AvgIpc) is 3.07. The molecular formula is C25H40N2O. The third-order valence-electron chi connectivity index (χ3n) is 7.72. The zero-order chi connectivity index (χ0) is 19.3. The molecule has 0 heterocycles. The SMILES string of the molecule is CCN(CNC1CCCCC1)C1c2ccc(O)cc2CC1CC1CCCCC1. The second-order valence-corrected chi connectivity index (χ2v) is 9.63. The molecule has 0 saturated heterocycles. The predicted molar refractivity (Wildman–Crippen MR) is 116 cm³/mol. The van der Waals surface area contributed by atoms with Gasteiger partial charge in [-0.15, -0.1) is 0 Å². The van der Waals surface area contributed by atoms with E-state index in [0.717, 1.165) is 25.6 Å². The van der Waals surface area contributed by atoms with Gasteiger partial charge in [0.2, 0.25) is 0 Å². The van der Waals surface area contributed by atoms with Gasteiger partial charge in [-0.2, -0.15) is 0 Å². The van der Waals surface area contributed by atoms with Crippen molar-refractivity contribution in [2.24, 2.45) is 11.8 Å². The molecule has 1 aromatic carbocycles. The van der Waals surface area contributed by atoms with Crippen LogP contribution in [0.1, 0.15) is 94.7 Å². The monoisotopic (exact) mass is 384 g/mol. The van der Waals surface area contributed by atoms with Gasteiger partial charge < -0.3 is 10.4 Å². The fraction of sp³-hybridized carbons (Fsp3) is 0.760. The summed E-state index contributed by atoms with van der Waals surface area (Å²) in [5.74, 6) is 2.04. The van der Waals surface area contributed by atoms with E-state index in [1.54, 1.807) is 0 Å². The first-order chi connectivity index (χ1) is 13.7. The summed E-state index contributed by atoms with van der Waals surface area (Å²) in [4.78, 5) is 2.69. The number of hydrogen-bond acceptors (Lipinski definition) is 3. The number of nitrogens with one attached hydrogen (secondary N) is 1. The Hall–Kier alpha value is -1.06. The smallest absolute Gasteiger partial charge is 0.115 e. The standard InChI is InChI=1S/C25H40N2O/c1-2-27(18-26-22-11-7-4-8-12-22)25-21(15-19-9-5-3-6-10-19)16-20-17-23(28)13-14-24(20)25/h13-14,17,19,21-22,25-26,28H,2-12,15-16,18H2,1H3. The van der Waals surface area contributed by atoms with Gasteiger partial charge >= 0.3 is 0 Å². The second kappa shape index (κ2) is 9.63. The van der Waals surface area contributed by atoms with Crippen LogP contribution in [-0.2, 0) is 6.42 Å². The van der Waals surface area contributed by atoms with Crippen LogP contribution >= 0.6 is 0 Å². The molecule has 0 bridgehead atoms. The lowest BCUT2D eigenvalue weighted by molar-refractivity contribution is 0.118. The highest BCUT2D eigenvalue weighted by Gasteiger charge is 2.37. The quantitative estimate of drug-likeness (QED) is 0.585. The summed E-state index contributed by atoms with van der Waals surface area (Å²) >= 11 is 0. The zero-order valence-corrected chi connectivity index (χ0v) is 17.8. The van der Waals surface area contributed by atoms with E-state index in [0.29, 0.717) is 23.8 Å². The van der Waals surface area contributed by atoms with E-state index < -0.39 is 0 Å². The molecule has 28 heavy (non-hydrogen) atoms. The number of hydrogen-bond donors (Lipinski definition) is 2. The van der Waals surface area contributed by atoms with Gasteiger partial charge in [0.1, 0.15) is 5.75 Å². The van der Waals surface area contributed by atoms with Gasteiger partial charge in [-0.05, 0) is 67.3 Å². The van der Waals surface area contributed by atoms with Gasteiger partial charge in [-0.3, -0.25) is 4.90 Å². The van der Waals surface area contributed by atoms with Crippen LogP contribution in [-0.4, -0.2) is 29.3 Å². The van der Waals surface area contributed by atoms with Gasteiger partial charge in [-0.25, -0.2) is 0 Å². The fourth-order valence-corrected chi connectivity index (χ4v) is 6.22.